The van der Waals surface area contributed by atoms with Gasteiger partial charge in [0.15, 0.2) is 29.5 Å². The highest BCUT2D eigenvalue weighted by Gasteiger charge is 2.60. The van der Waals surface area contributed by atoms with Crippen molar-refractivity contribution in [2.75, 3.05) is 0 Å². The van der Waals surface area contributed by atoms with Crippen LogP contribution in [0.3, 0.4) is 0 Å². The number of hydrogen-bond acceptors (Lipinski definition) is 2. The van der Waals surface area contributed by atoms with E-state index < -0.39 is 42.4 Å². The van der Waals surface area contributed by atoms with E-state index in [1.54, 1.807) is 0 Å². The van der Waals surface area contributed by atoms with E-state index in [0.717, 1.165) is 0 Å². The number of hydrogen-bond donors (Lipinski definition) is 1. The van der Waals surface area contributed by atoms with Gasteiger partial charge in [-0.15, -0.1) is 0 Å². The summed E-state index contributed by atoms with van der Waals surface area (Å²) in [7, 11) is -5.52. The molecule has 0 fully saturated rings. The molecule has 3 nitrogen and oxygen atoms in total. The Morgan fingerprint density at radius 2 is 1.62 bits per heavy atom. The van der Waals surface area contributed by atoms with E-state index in [2.05, 4.69) is 0 Å². The highest BCUT2D eigenvalue weighted by Crippen LogP contribution is 2.49. The Morgan fingerprint density at radius 1 is 1.19 bits per heavy atom. The van der Waals surface area contributed by atoms with Crippen molar-refractivity contribution in [1.29, 1.82) is 0 Å². The third-order valence-corrected chi connectivity index (χ3v) is 5.65. The zero-order valence-corrected chi connectivity index (χ0v) is 9.99. The fourth-order valence-electron chi connectivity index (χ4n) is 0.980. The van der Waals surface area contributed by atoms with E-state index in [4.69, 9.17) is 4.55 Å². The largest absolute Gasteiger partial charge is 0.290 e. The lowest BCUT2D eigenvalue weighted by molar-refractivity contribution is 0.261. The Kier molecular flexibility index (Phi) is 3.38. The summed E-state index contributed by atoms with van der Waals surface area (Å²) in [4.78, 5) is 0. The van der Waals surface area contributed by atoms with E-state index in [0.29, 0.717) is 22.6 Å². The Labute approximate surface area is 99.9 Å². The van der Waals surface area contributed by atoms with Crippen LogP contribution in [0.1, 0.15) is 0 Å². The number of allylic oxidation sites excluding steroid dienone is 3. The van der Waals surface area contributed by atoms with Crippen LogP contribution in [0, 0.1) is 0 Å². The Balaban J connectivity index is 3.61. The molecular weight excluding hydrogens is 374 g/mol. The van der Waals surface area contributed by atoms with Crippen LogP contribution in [0.2, 0.25) is 0 Å². The normalized spacial score (nSPS) is 32.3. The van der Waals surface area contributed by atoms with E-state index >= 15 is 0 Å². The molecule has 2 atom stereocenters. The highest BCUT2D eigenvalue weighted by atomic mass is 127. The van der Waals surface area contributed by atoms with Gasteiger partial charge >= 0.3 is 0 Å². The third kappa shape index (κ3) is 1.66. The lowest BCUT2D eigenvalue weighted by Crippen LogP contribution is -2.44. The summed E-state index contributed by atoms with van der Waals surface area (Å²) in [6, 6.07) is 0. The summed E-state index contributed by atoms with van der Waals surface area (Å²) in [6.45, 7) is 0. The molecule has 1 aliphatic carbocycles. The Hall–Kier alpha value is -0.230. The molecule has 1 rings (SSSR count). The second-order valence-corrected chi connectivity index (χ2v) is 6.80. The maximum Gasteiger partial charge on any atom is 0.290 e. The third-order valence-electron chi connectivity index (χ3n) is 1.82. The standard InChI is InChI=1S/C6H2F5IO3S/c7-1-2(8)4(10)6(12,16(13,14)15)5(11)3(1)9/h4H,(H,13,14,15). The molecule has 0 saturated carbocycles. The molecule has 10 heteroatoms. The van der Waals surface area contributed by atoms with Gasteiger partial charge in [0.2, 0.25) is 2.75 Å². The van der Waals surface area contributed by atoms with Gasteiger partial charge in [0.05, 0.1) is 0 Å². The van der Waals surface area contributed by atoms with Crippen LogP contribution in [0.5, 0.6) is 0 Å². The van der Waals surface area contributed by atoms with Gasteiger partial charge in [-0.3, -0.25) is 4.55 Å². The van der Waals surface area contributed by atoms with Crippen LogP contribution >= 0.6 is 22.6 Å². The van der Waals surface area contributed by atoms with Gasteiger partial charge in [0, 0.05) is 0 Å². The zero-order valence-electron chi connectivity index (χ0n) is 7.02. The molecule has 0 aliphatic heterocycles. The fraction of sp³-hybridized carbons (Fsp3) is 0.333. The molecule has 1 aliphatic rings. The molecule has 0 radical (unpaired) electrons. The van der Waals surface area contributed by atoms with Crippen LogP contribution in [0.4, 0.5) is 22.0 Å². The zero-order chi connectivity index (χ0) is 12.9. The van der Waals surface area contributed by atoms with Gasteiger partial charge in [0.1, 0.15) is 0 Å². The van der Waals surface area contributed by atoms with Gasteiger partial charge in [0.25, 0.3) is 10.1 Å². The second-order valence-electron chi connectivity index (χ2n) is 2.77. The van der Waals surface area contributed by atoms with E-state index in [9.17, 15) is 30.4 Å². The number of alkyl halides is 2. The van der Waals surface area contributed by atoms with Crippen molar-refractivity contribution >= 4 is 32.7 Å². The van der Waals surface area contributed by atoms with Crippen LogP contribution in [-0.2, 0) is 10.1 Å². The Bertz CT molecular complexity index is 498. The topological polar surface area (TPSA) is 54.4 Å². The van der Waals surface area contributed by atoms with E-state index in [1.807, 2.05) is 0 Å². The Morgan fingerprint density at radius 3 is 2.00 bits per heavy atom. The summed E-state index contributed by atoms with van der Waals surface area (Å²) < 4.78 is 90.5. The van der Waals surface area contributed by atoms with E-state index in [1.165, 1.54) is 0 Å². The predicted octanol–water partition coefficient (Wildman–Crippen LogP) is 2.66. The molecule has 0 saturated heterocycles. The molecule has 1 N–H and O–H groups in total. The minimum absolute atomic E-state index is 0.463. The van der Waals surface area contributed by atoms with Crippen molar-refractivity contribution in [3.63, 3.8) is 0 Å². The molecule has 0 aromatic rings. The first kappa shape index (κ1) is 13.8. The van der Waals surface area contributed by atoms with Gasteiger partial charge in [-0.05, 0) is 22.6 Å². The van der Waals surface area contributed by atoms with Crippen molar-refractivity contribution in [2.24, 2.45) is 0 Å². The average Bonchev–Trinajstić information content (AvgIpc) is 2.19. The fourth-order valence-corrected chi connectivity index (χ4v) is 2.17. The molecular formula is C6H2F5IO3S. The lowest BCUT2D eigenvalue weighted by atomic mass is 10.1. The molecule has 0 bridgehead atoms. The lowest BCUT2D eigenvalue weighted by Gasteiger charge is -2.28. The van der Waals surface area contributed by atoms with Gasteiger partial charge in [-0.2, -0.15) is 8.42 Å². The molecule has 0 spiro atoms. The smallest absolute Gasteiger partial charge is 0.284 e. The van der Waals surface area contributed by atoms with Gasteiger partial charge < -0.3 is 0 Å². The van der Waals surface area contributed by atoms with E-state index in [-0.39, 0.29) is 0 Å². The maximum absolute atomic E-state index is 13.1. The summed E-state index contributed by atoms with van der Waals surface area (Å²) in [5.41, 5.74) is 0. The molecule has 0 heterocycles. The van der Waals surface area contributed by atoms with Crippen LogP contribution < -0.4 is 0 Å². The summed E-state index contributed by atoms with van der Waals surface area (Å²) in [5, 5.41) is 0. The van der Waals surface area contributed by atoms with Gasteiger partial charge in [-0.1, -0.05) is 0 Å². The minimum Gasteiger partial charge on any atom is -0.284 e. The van der Waals surface area contributed by atoms with Crippen LogP contribution in [0.25, 0.3) is 0 Å². The van der Waals surface area contributed by atoms with Crippen molar-refractivity contribution < 1.29 is 34.9 Å². The summed E-state index contributed by atoms with van der Waals surface area (Å²) in [5.74, 6) is -9.80. The van der Waals surface area contributed by atoms with Crippen molar-refractivity contribution in [3.05, 3.63) is 23.3 Å². The van der Waals surface area contributed by atoms with Crippen molar-refractivity contribution in [2.45, 2.75) is 8.93 Å². The van der Waals surface area contributed by atoms with Crippen molar-refractivity contribution in [3.8, 4) is 0 Å². The highest BCUT2D eigenvalue weighted by molar-refractivity contribution is 14.1. The maximum atomic E-state index is 13.1. The first-order valence-electron chi connectivity index (χ1n) is 3.46. The molecule has 0 aromatic carbocycles. The molecule has 0 amide bonds. The van der Waals surface area contributed by atoms with Crippen LogP contribution in [-0.4, -0.2) is 21.9 Å². The molecule has 16 heavy (non-hydrogen) atoms. The monoisotopic (exact) mass is 376 g/mol. The first-order chi connectivity index (χ1) is 7.05. The number of rotatable bonds is 1. The first-order valence-corrected chi connectivity index (χ1v) is 5.98. The predicted molar refractivity (Wildman–Crippen MR) is 51.7 cm³/mol. The number of halogens is 6. The van der Waals surface area contributed by atoms with Crippen LogP contribution in [0.15, 0.2) is 23.3 Å². The molecule has 0 aromatic heterocycles. The minimum atomic E-state index is -5.52. The van der Waals surface area contributed by atoms with Gasteiger partial charge in [-0.25, -0.2) is 22.0 Å². The molecule has 92 valence electrons. The average molecular weight is 376 g/mol. The summed E-state index contributed by atoms with van der Waals surface area (Å²) in [6.07, 6.45) is -3.37. The molecule has 2 unspecified atom stereocenters. The quantitative estimate of drug-likeness (QED) is 0.332. The summed E-state index contributed by atoms with van der Waals surface area (Å²) >= 11 is 0.463. The van der Waals surface area contributed by atoms with Crippen molar-refractivity contribution in [1.82, 2.24) is 0 Å². The second kappa shape index (κ2) is 3.91. The SMILES string of the molecule is O=S(=O)(O)C1(I)C(F)=C(F)C(F)=C(F)C1F.